The lowest BCUT2D eigenvalue weighted by Crippen LogP contribution is -2.45. The largest absolute Gasteiger partial charge is 0.497 e. The number of aliphatic hydroxyl groups is 1. The monoisotopic (exact) mass is 450 g/mol. The van der Waals surface area contributed by atoms with Gasteiger partial charge in [-0.3, -0.25) is 19.3 Å². The van der Waals surface area contributed by atoms with Crippen LogP contribution in [0.5, 0.6) is 5.75 Å². The van der Waals surface area contributed by atoms with Gasteiger partial charge in [0, 0.05) is 33.0 Å². The van der Waals surface area contributed by atoms with Crippen LogP contribution in [0.4, 0.5) is 0 Å². The Balaban J connectivity index is 1.49. The van der Waals surface area contributed by atoms with Gasteiger partial charge >= 0.3 is 0 Å². The Morgan fingerprint density at radius 1 is 1.12 bits per heavy atom. The van der Waals surface area contributed by atoms with Crippen molar-refractivity contribution in [3.05, 3.63) is 65.7 Å². The molecule has 0 radical (unpaired) electrons. The highest BCUT2D eigenvalue weighted by Crippen LogP contribution is 2.41. The van der Waals surface area contributed by atoms with Crippen molar-refractivity contribution in [2.24, 2.45) is 5.92 Å². The number of amides is 3. The Kier molecular flexibility index (Phi) is 6.51. The first-order chi connectivity index (χ1) is 15.9. The summed E-state index contributed by atoms with van der Waals surface area (Å²) in [7, 11) is 3.01. The van der Waals surface area contributed by atoms with E-state index in [9.17, 15) is 19.5 Å². The zero-order valence-electron chi connectivity index (χ0n) is 19.1. The van der Waals surface area contributed by atoms with Gasteiger partial charge in [0.1, 0.15) is 5.75 Å². The Morgan fingerprint density at radius 3 is 2.42 bits per heavy atom. The van der Waals surface area contributed by atoms with Gasteiger partial charge in [0.25, 0.3) is 0 Å². The summed E-state index contributed by atoms with van der Waals surface area (Å²) in [4.78, 5) is 41.9. The quantitative estimate of drug-likeness (QED) is 0.684. The number of likely N-dealkylation sites (tertiary alicyclic amines) is 2. The molecule has 2 heterocycles. The summed E-state index contributed by atoms with van der Waals surface area (Å²) >= 11 is 0. The summed E-state index contributed by atoms with van der Waals surface area (Å²) < 4.78 is 5.31. The van der Waals surface area contributed by atoms with Crippen LogP contribution >= 0.6 is 0 Å². The molecule has 4 rings (SSSR count). The number of hydrogen-bond donors (Lipinski definition) is 1. The van der Waals surface area contributed by atoms with Crippen molar-refractivity contribution in [3.8, 4) is 5.75 Å². The number of benzene rings is 2. The zero-order valence-corrected chi connectivity index (χ0v) is 19.1. The first-order valence-electron chi connectivity index (χ1n) is 11.3. The lowest BCUT2D eigenvalue weighted by molar-refractivity contribution is -0.142. The molecule has 0 aliphatic carbocycles. The molecule has 0 unspecified atom stereocenters. The van der Waals surface area contributed by atoms with E-state index in [1.165, 1.54) is 7.05 Å². The Morgan fingerprint density at radius 2 is 1.82 bits per heavy atom. The fourth-order valence-electron chi connectivity index (χ4n) is 5.03. The molecule has 7 nitrogen and oxygen atoms in total. The molecule has 7 heteroatoms. The van der Waals surface area contributed by atoms with E-state index in [0.29, 0.717) is 37.2 Å². The number of imide groups is 1. The summed E-state index contributed by atoms with van der Waals surface area (Å²) in [5.41, 5.74) is 0.280. The van der Waals surface area contributed by atoms with Gasteiger partial charge in [-0.2, -0.15) is 0 Å². The average molecular weight is 451 g/mol. The smallest absolute Gasteiger partial charge is 0.240 e. The Hall–Kier alpha value is -3.19. The van der Waals surface area contributed by atoms with Crippen LogP contribution in [0.25, 0.3) is 0 Å². The summed E-state index contributed by atoms with van der Waals surface area (Å²) in [6, 6.07) is 16.6. The molecule has 0 spiro atoms. The number of hydrogen-bond acceptors (Lipinski definition) is 5. The van der Waals surface area contributed by atoms with Crippen LogP contribution in [0, 0.1) is 5.92 Å². The maximum Gasteiger partial charge on any atom is 0.240 e. The second kappa shape index (κ2) is 9.35. The molecule has 0 aromatic heterocycles. The van der Waals surface area contributed by atoms with E-state index in [1.807, 2.05) is 30.3 Å². The van der Waals surface area contributed by atoms with E-state index in [-0.39, 0.29) is 36.5 Å². The molecule has 174 valence electrons. The van der Waals surface area contributed by atoms with Gasteiger partial charge in [0.05, 0.1) is 18.6 Å². The molecule has 0 bridgehead atoms. The van der Waals surface area contributed by atoms with Crippen molar-refractivity contribution in [2.45, 2.75) is 37.2 Å². The maximum atomic E-state index is 13.3. The van der Waals surface area contributed by atoms with E-state index < -0.39 is 11.5 Å². The van der Waals surface area contributed by atoms with Crippen LogP contribution < -0.4 is 4.74 Å². The maximum absolute atomic E-state index is 13.3. The number of carbonyl (C=O) groups is 3. The average Bonchev–Trinajstić information content (AvgIpc) is 3.08. The third kappa shape index (κ3) is 4.37. The number of methoxy groups -OCH3 is 1. The highest BCUT2D eigenvalue weighted by molar-refractivity contribution is 6.10. The first kappa shape index (κ1) is 23.0. The lowest BCUT2D eigenvalue weighted by atomic mass is 9.75. The number of nitrogens with zero attached hydrogens (tertiary/aromatic N) is 2. The predicted octanol–water partition coefficient (Wildman–Crippen LogP) is 2.68. The molecular formula is C26H30N2O5. The SMILES string of the molecule is COc1cccc([C@@]2(CC(=O)N3CCC([C@H](O)c4ccccc4)CC3)CC(=O)N(C)C2=O)c1. The molecule has 2 aromatic carbocycles. The highest BCUT2D eigenvalue weighted by atomic mass is 16.5. The fourth-order valence-corrected chi connectivity index (χ4v) is 5.03. The van der Waals surface area contributed by atoms with Gasteiger partial charge in [-0.15, -0.1) is 0 Å². The third-order valence-corrected chi connectivity index (χ3v) is 7.10. The predicted molar refractivity (Wildman–Crippen MR) is 122 cm³/mol. The zero-order chi connectivity index (χ0) is 23.6. The second-order valence-electron chi connectivity index (χ2n) is 9.00. The molecule has 2 atom stereocenters. The van der Waals surface area contributed by atoms with E-state index in [4.69, 9.17) is 4.74 Å². The van der Waals surface area contributed by atoms with Gasteiger partial charge < -0.3 is 14.7 Å². The van der Waals surface area contributed by atoms with Crippen molar-refractivity contribution in [2.75, 3.05) is 27.2 Å². The molecule has 2 saturated heterocycles. The molecule has 2 fully saturated rings. The van der Waals surface area contributed by atoms with Crippen LogP contribution in [-0.4, -0.2) is 59.9 Å². The number of piperidine rings is 1. The molecule has 3 amide bonds. The Labute approximate surface area is 193 Å². The molecule has 2 aromatic rings. The van der Waals surface area contributed by atoms with Crippen LogP contribution in [0.2, 0.25) is 0 Å². The number of likely N-dealkylation sites (N-methyl/N-ethyl adjacent to an activating group) is 1. The minimum absolute atomic E-state index is 0.0373. The fraction of sp³-hybridized carbons (Fsp3) is 0.423. The summed E-state index contributed by atoms with van der Waals surface area (Å²) in [5, 5.41) is 10.7. The minimum atomic E-state index is -1.22. The Bertz CT molecular complexity index is 1030. The normalized spacial score (nSPS) is 22.5. The number of carbonyl (C=O) groups excluding carboxylic acids is 3. The second-order valence-corrected chi connectivity index (χ2v) is 9.00. The lowest BCUT2D eigenvalue weighted by Gasteiger charge is -2.36. The van der Waals surface area contributed by atoms with E-state index in [0.717, 1.165) is 10.5 Å². The van der Waals surface area contributed by atoms with Crippen molar-refractivity contribution in [1.29, 1.82) is 0 Å². The third-order valence-electron chi connectivity index (χ3n) is 7.10. The molecule has 2 aliphatic heterocycles. The minimum Gasteiger partial charge on any atom is -0.497 e. The first-order valence-corrected chi connectivity index (χ1v) is 11.3. The van der Waals surface area contributed by atoms with E-state index in [2.05, 4.69) is 0 Å². The molecule has 33 heavy (non-hydrogen) atoms. The van der Waals surface area contributed by atoms with Crippen LogP contribution in [-0.2, 0) is 19.8 Å². The number of aliphatic hydroxyl groups excluding tert-OH is 1. The van der Waals surface area contributed by atoms with E-state index in [1.54, 1.807) is 36.3 Å². The summed E-state index contributed by atoms with van der Waals surface area (Å²) in [5.74, 6) is -0.153. The van der Waals surface area contributed by atoms with Crippen LogP contribution in [0.15, 0.2) is 54.6 Å². The van der Waals surface area contributed by atoms with E-state index >= 15 is 0 Å². The standard InChI is InChI=1S/C26H30N2O5/c1-27-22(29)16-26(25(27)32,20-9-6-10-21(15-20)33-2)17-23(30)28-13-11-19(12-14-28)24(31)18-7-4-3-5-8-18/h3-10,15,19,24,31H,11-14,16-17H2,1-2H3/t24-,26+/m1/s1. The molecule has 1 N–H and O–H groups in total. The van der Waals surface area contributed by atoms with Crippen molar-refractivity contribution in [3.63, 3.8) is 0 Å². The summed E-state index contributed by atoms with van der Waals surface area (Å²) in [6.45, 7) is 1.03. The van der Waals surface area contributed by atoms with Crippen LogP contribution in [0.3, 0.4) is 0 Å². The molecule has 0 saturated carbocycles. The number of ether oxygens (including phenoxy) is 1. The van der Waals surface area contributed by atoms with Gasteiger partial charge in [-0.05, 0) is 42.0 Å². The van der Waals surface area contributed by atoms with Crippen molar-refractivity contribution >= 4 is 17.7 Å². The number of rotatable bonds is 6. The van der Waals surface area contributed by atoms with Gasteiger partial charge in [0.2, 0.25) is 17.7 Å². The van der Waals surface area contributed by atoms with Crippen molar-refractivity contribution < 1.29 is 24.2 Å². The topological polar surface area (TPSA) is 87.2 Å². The summed E-state index contributed by atoms with van der Waals surface area (Å²) in [6.07, 6.45) is 0.696. The van der Waals surface area contributed by atoms with Gasteiger partial charge in [-0.25, -0.2) is 0 Å². The molecular weight excluding hydrogens is 420 g/mol. The highest BCUT2D eigenvalue weighted by Gasteiger charge is 2.53. The van der Waals surface area contributed by atoms with Gasteiger partial charge in [-0.1, -0.05) is 42.5 Å². The van der Waals surface area contributed by atoms with Crippen LogP contribution in [0.1, 0.15) is 42.9 Å². The van der Waals surface area contributed by atoms with Gasteiger partial charge in [0.15, 0.2) is 0 Å². The molecule has 2 aliphatic rings. The van der Waals surface area contributed by atoms with Crippen molar-refractivity contribution in [1.82, 2.24) is 9.80 Å².